The highest BCUT2D eigenvalue weighted by atomic mass is 16.5. The van der Waals surface area contributed by atoms with E-state index < -0.39 is 0 Å². The van der Waals surface area contributed by atoms with Crippen LogP contribution in [0.5, 0.6) is 5.88 Å². The Morgan fingerprint density at radius 1 is 1.33 bits per heavy atom. The summed E-state index contributed by atoms with van der Waals surface area (Å²) in [6.07, 6.45) is 7.01. The lowest BCUT2D eigenvalue weighted by Gasteiger charge is -2.11. The van der Waals surface area contributed by atoms with Crippen molar-refractivity contribution < 1.29 is 9.47 Å². The Kier molecular flexibility index (Phi) is 5.20. The van der Waals surface area contributed by atoms with Crippen LogP contribution in [0, 0.1) is 0 Å². The molecule has 0 spiro atoms. The van der Waals surface area contributed by atoms with Crippen LogP contribution in [0.3, 0.4) is 0 Å². The van der Waals surface area contributed by atoms with E-state index in [0.717, 1.165) is 19.0 Å². The zero-order chi connectivity index (χ0) is 12.6. The number of hydrogen-bond acceptors (Lipinski definition) is 5. The number of ether oxygens (including phenoxy) is 2. The molecular weight excluding hydrogens is 230 g/mol. The van der Waals surface area contributed by atoms with Crippen molar-refractivity contribution in [1.82, 2.24) is 9.97 Å². The van der Waals surface area contributed by atoms with E-state index in [0.29, 0.717) is 18.6 Å². The lowest BCUT2D eigenvalue weighted by molar-refractivity contribution is 0.0658. The van der Waals surface area contributed by atoms with E-state index in [1.54, 1.807) is 6.07 Å². The first-order valence-corrected chi connectivity index (χ1v) is 6.69. The van der Waals surface area contributed by atoms with Crippen LogP contribution >= 0.6 is 0 Å². The first kappa shape index (κ1) is 13.1. The number of nitrogens with one attached hydrogen (secondary N) is 1. The standard InChI is InChI=1S/C13H21N3O2/c1-2-17-13-9-12(15-10-16-13)14-7-8-18-11-5-3-4-6-11/h9-11H,2-8H2,1H3,(H,14,15,16). The largest absolute Gasteiger partial charge is 0.478 e. The SMILES string of the molecule is CCOc1cc(NCCOC2CCCC2)ncn1. The van der Waals surface area contributed by atoms with E-state index in [9.17, 15) is 0 Å². The van der Waals surface area contributed by atoms with E-state index in [1.165, 1.54) is 32.0 Å². The number of rotatable bonds is 7. The molecule has 1 aliphatic carbocycles. The van der Waals surface area contributed by atoms with Crippen LogP contribution < -0.4 is 10.1 Å². The maximum atomic E-state index is 5.77. The van der Waals surface area contributed by atoms with Crippen molar-refractivity contribution in [2.75, 3.05) is 25.1 Å². The summed E-state index contributed by atoms with van der Waals surface area (Å²) in [6.45, 7) is 4.03. The molecule has 1 aromatic heterocycles. The van der Waals surface area contributed by atoms with Gasteiger partial charge in [-0.25, -0.2) is 9.97 Å². The Hall–Kier alpha value is -1.36. The van der Waals surface area contributed by atoms with Crippen LogP contribution in [0.1, 0.15) is 32.6 Å². The van der Waals surface area contributed by atoms with Gasteiger partial charge in [-0.1, -0.05) is 12.8 Å². The predicted molar refractivity (Wildman–Crippen MR) is 69.9 cm³/mol. The zero-order valence-corrected chi connectivity index (χ0v) is 10.9. The van der Waals surface area contributed by atoms with Crippen LogP contribution in [-0.2, 0) is 4.74 Å². The Morgan fingerprint density at radius 3 is 2.94 bits per heavy atom. The molecule has 1 aromatic rings. The van der Waals surface area contributed by atoms with Gasteiger partial charge in [0.2, 0.25) is 5.88 Å². The van der Waals surface area contributed by atoms with Gasteiger partial charge in [0.15, 0.2) is 0 Å². The van der Waals surface area contributed by atoms with Crippen LogP contribution in [0.2, 0.25) is 0 Å². The fraction of sp³-hybridized carbons (Fsp3) is 0.692. The average Bonchev–Trinajstić information content (AvgIpc) is 2.89. The Morgan fingerprint density at radius 2 is 2.17 bits per heavy atom. The minimum atomic E-state index is 0.469. The van der Waals surface area contributed by atoms with Crippen molar-refractivity contribution >= 4 is 5.82 Å². The topological polar surface area (TPSA) is 56.3 Å². The minimum Gasteiger partial charge on any atom is -0.478 e. The summed E-state index contributed by atoms with van der Waals surface area (Å²) in [6, 6.07) is 1.80. The lowest BCUT2D eigenvalue weighted by atomic mass is 10.3. The Labute approximate surface area is 108 Å². The molecule has 1 aliphatic rings. The quantitative estimate of drug-likeness (QED) is 0.753. The maximum absolute atomic E-state index is 5.77. The smallest absolute Gasteiger partial charge is 0.218 e. The van der Waals surface area contributed by atoms with Crippen molar-refractivity contribution in [3.05, 3.63) is 12.4 Å². The molecule has 0 atom stereocenters. The number of nitrogens with zero attached hydrogens (tertiary/aromatic N) is 2. The van der Waals surface area contributed by atoms with E-state index in [-0.39, 0.29) is 0 Å². The molecule has 0 radical (unpaired) electrons. The zero-order valence-electron chi connectivity index (χ0n) is 10.9. The third-order valence-electron chi connectivity index (χ3n) is 3.00. The molecule has 5 nitrogen and oxygen atoms in total. The first-order chi connectivity index (χ1) is 8.88. The van der Waals surface area contributed by atoms with E-state index in [4.69, 9.17) is 9.47 Å². The summed E-state index contributed by atoms with van der Waals surface area (Å²) in [4.78, 5) is 8.15. The van der Waals surface area contributed by atoms with Gasteiger partial charge in [-0.15, -0.1) is 0 Å². The molecule has 0 saturated heterocycles. The third-order valence-corrected chi connectivity index (χ3v) is 3.00. The van der Waals surface area contributed by atoms with E-state index >= 15 is 0 Å². The van der Waals surface area contributed by atoms with Crippen LogP contribution in [0.25, 0.3) is 0 Å². The molecule has 0 unspecified atom stereocenters. The van der Waals surface area contributed by atoms with Crippen LogP contribution in [0.4, 0.5) is 5.82 Å². The third kappa shape index (κ3) is 4.14. The van der Waals surface area contributed by atoms with E-state index in [1.807, 2.05) is 6.92 Å². The Balaban J connectivity index is 1.67. The fourth-order valence-electron chi connectivity index (χ4n) is 2.12. The number of hydrogen-bond donors (Lipinski definition) is 1. The van der Waals surface area contributed by atoms with Crippen molar-refractivity contribution in [2.45, 2.75) is 38.7 Å². The molecule has 1 heterocycles. The molecule has 1 saturated carbocycles. The van der Waals surface area contributed by atoms with Gasteiger partial charge in [-0.2, -0.15) is 0 Å². The van der Waals surface area contributed by atoms with E-state index in [2.05, 4.69) is 15.3 Å². The van der Waals surface area contributed by atoms with Crippen molar-refractivity contribution in [1.29, 1.82) is 0 Å². The first-order valence-electron chi connectivity index (χ1n) is 6.69. The van der Waals surface area contributed by atoms with Crippen molar-refractivity contribution in [2.24, 2.45) is 0 Å². The Bertz CT molecular complexity index is 354. The number of anilines is 1. The van der Waals surface area contributed by atoms with Gasteiger partial charge in [0.05, 0.1) is 19.3 Å². The lowest BCUT2D eigenvalue weighted by Crippen LogP contribution is -2.16. The minimum absolute atomic E-state index is 0.469. The van der Waals surface area contributed by atoms with Crippen molar-refractivity contribution in [3.63, 3.8) is 0 Å². The molecule has 18 heavy (non-hydrogen) atoms. The summed E-state index contributed by atoms with van der Waals surface area (Å²) in [5.41, 5.74) is 0. The van der Waals surface area contributed by atoms with Gasteiger partial charge >= 0.3 is 0 Å². The highest BCUT2D eigenvalue weighted by Crippen LogP contribution is 2.20. The highest BCUT2D eigenvalue weighted by molar-refractivity contribution is 5.36. The molecule has 100 valence electrons. The van der Waals surface area contributed by atoms with Gasteiger partial charge in [0.1, 0.15) is 12.1 Å². The average molecular weight is 251 g/mol. The predicted octanol–water partition coefficient (Wildman–Crippen LogP) is 2.25. The second kappa shape index (κ2) is 7.16. The second-order valence-electron chi connectivity index (χ2n) is 4.38. The molecule has 0 amide bonds. The van der Waals surface area contributed by atoms with Crippen molar-refractivity contribution in [3.8, 4) is 5.88 Å². The number of aromatic nitrogens is 2. The summed E-state index contributed by atoms with van der Waals surface area (Å²) in [5.74, 6) is 1.38. The molecule has 0 aromatic carbocycles. The normalized spacial score (nSPS) is 15.8. The summed E-state index contributed by atoms with van der Waals surface area (Å²) in [5, 5.41) is 3.21. The molecule has 1 fully saturated rings. The molecule has 1 N–H and O–H groups in total. The van der Waals surface area contributed by atoms with Crippen LogP contribution in [0.15, 0.2) is 12.4 Å². The fourth-order valence-corrected chi connectivity index (χ4v) is 2.12. The van der Waals surface area contributed by atoms with Gasteiger partial charge in [-0.05, 0) is 19.8 Å². The molecule has 0 bridgehead atoms. The summed E-state index contributed by atoms with van der Waals surface area (Å²) >= 11 is 0. The maximum Gasteiger partial charge on any atom is 0.218 e. The molecular formula is C13H21N3O2. The van der Waals surface area contributed by atoms with Gasteiger partial charge < -0.3 is 14.8 Å². The van der Waals surface area contributed by atoms with Crippen LogP contribution in [-0.4, -0.2) is 35.8 Å². The molecule has 2 rings (SSSR count). The van der Waals surface area contributed by atoms with Gasteiger partial charge in [0.25, 0.3) is 0 Å². The monoisotopic (exact) mass is 251 g/mol. The highest BCUT2D eigenvalue weighted by Gasteiger charge is 2.14. The molecule has 0 aliphatic heterocycles. The summed E-state index contributed by atoms with van der Waals surface area (Å²) in [7, 11) is 0. The summed E-state index contributed by atoms with van der Waals surface area (Å²) < 4.78 is 11.1. The molecule has 5 heteroatoms. The van der Waals surface area contributed by atoms with Gasteiger partial charge in [0, 0.05) is 12.6 Å². The second-order valence-corrected chi connectivity index (χ2v) is 4.38. The van der Waals surface area contributed by atoms with Gasteiger partial charge in [-0.3, -0.25) is 0 Å².